The molecule has 2 atom stereocenters. The zero-order valence-electron chi connectivity index (χ0n) is 13.7. The van der Waals surface area contributed by atoms with Gasteiger partial charge in [0.1, 0.15) is 5.82 Å². The average molecular weight is 356 g/mol. The van der Waals surface area contributed by atoms with Crippen molar-refractivity contribution in [3.05, 3.63) is 76.7 Å². The van der Waals surface area contributed by atoms with Crippen LogP contribution in [-0.4, -0.2) is 23.3 Å². The molecule has 1 aromatic heterocycles. The van der Waals surface area contributed by atoms with E-state index in [0.717, 1.165) is 47.0 Å². The van der Waals surface area contributed by atoms with Gasteiger partial charge >= 0.3 is 0 Å². The molecule has 1 aliphatic heterocycles. The van der Waals surface area contributed by atoms with Gasteiger partial charge in [-0.2, -0.15) is 5.10 Å². The van der Waals surface area contributed by atoms with E-state index in [4.69, 9.17) is 11.6 Å². The number of nitrogens with zero attached hydrogens (tertiary/aromatic N) is 1. The number of nitrogens with one attached hydrogen (secondary N) is 2. The molecule has 0 spiro atoms. The summed E-state index contributed by atoms with van der Waals surface area (Å²) in [4.78, 5) is 0. The fourth-order valence-electron chi connectivity index (χ4n) is 3.58. The summed E-state index contributed by atoms with van der Waals surface area (Å²) >= 11 is 5.96. The number of rotatable bonds is 3. The van der Waals surface area contributed by atoms with Crippen molar-refractivity contribution in [3.8, 4) is 11.3 Å². The molecule has 5 heteroatoms. The molecule has 0 aliphatic carbocycles. The maximum Gasteiger partial charge on any atom is 0.123 e. The van der Waals surface area contributed by atoms with Gasteiger partial charge in [-0.3, -0.25) is 5.10 Å². The number of piperidine rings is 1. The summed E-state index contributed by atoms with van der Waals surface area (Å²) in [6.07, 6.45) is 1.01. The van der Waals surface area contributed by atoms with Gasteiger partial charge in [-0.1, -0.05) is 35.9 Å². The van der Waals surface area contributed by atoms with Gasteiger partial charge < -0.3 is 5.32 Å². The van der Waals surface area contributed by atoms with Crippen LogP contribution in [-0.2, 0) is 0 Å². The molecule has 3 nitrogen and oxygen atoms in total. The Balaban J connectivity index is 1.62. The van der Waals surface area contributed by atoms with Gasteiger partial charge in [-0.05, 0) is 54.4 Å². The largest absolute Gasteiger partial charge is 0.316 e. The van der Waals surface area contributed by atoms with Crippen molar-refractivity contribution in [2.45, 2.75) is 18.3 Å². The number of aromatic amines is 1. The quantitative estimate of drug-likeness (QED) is 0.713. The van der Waals surface area contributed by atoms with Gasteiger partial charge in [0.2, 0.25) is 0 Å². The third-order valence-electron chi connectivity index (χ3n) is 4.91. The molecule has 2 aromatic carbocycles. The van der Waals surface area contributed by atoms with Crippen LogP contribution >= 0.6 is 11.6 Å². The molecule has 0 unspecified atom stereocenters. The van der Waals surface area contributed by atoms with Crippen molar-refractivity contribution >= 4 is 11.6 Å². The summed E-state index contributed by atoms with van der Waals surface area (Å²) in [5.41, 5.74) is 4.26. The van der Waals surface area contributed by atoms with Gasteiger partial charge in [0, 0.05) is 23.4 Å². The third-order valence-corrected chi connectivity index (χ3v) is 5.17. The van der Waals surface area contributed by atoms with Gasteiger partial charge in [0.25, 0.3) is 0 Å². The molecule has 1 saturated heterocycles. The van der Waals surface area contributed by atoms with E-state index in [1.165, 1.54) is 12.1 Å². The van der Waals surface area contributed by atoms with E-state index in [0.29, 0.717) is 5.92 Å². The molecule has 25 heavy (non-hydrogen) atoms. The van der Waals surface area contributed by atoms with Crippen molar-refractivity contribution in [2.24, 2.45) is 0 Å². The summed E-state index contributed by atoms with van der Waals surface area (Å²) in [7, 11) is 0. The van der Waals surface area contributed by atoms with E-state index in [-0.39, 0.29) is 11.7 Å². The van der Waals surface area contributed by atoms with Crippen LogP contribution in [0.5, 0.6) is 0 Å². The number of aromatic nitrogens is 2. The summed E-state index contributed by atoms with van der Waals surface area (Å²) < 4.78 is 13.3. The second-order valence-electron chi connectivity index (χ2n) is 6.47. The molecule has 3 aromatic rings. The minimum absolute atomic E-state index is 0.200. The molecule has 4 rings (SSSR count). The summed E-state index contributed by atoms with van der Waals surface area (Å²) in [5, 5.41) is 11.9. The normalized spacial score (nSPS) is 20.6. The monoisotopic (exact) mass is 355 g/mol. The van der Waals surface area contributed by atoms with Crippen LogP contribution in [0.1, 0.15) is 29.5 Å². The highest BCUT2D eigenvalue weighted by Gasteiger charge is 2.29. The van der Waals surface area contributed by atoms with Crippen LogP contribution in [0.15, 0.2) is 54.6 Å². The first kappa shape index (κ1) is 16.3. The lowest BCUT2D eigenvalue weighted by Gasteiger charge is -2.31. The molecule has 2 heterocycles. The zero-order chi connectivity index (χ0) is 17.2. The SMILES string of the molecule is Fc1ccc([C@@H]2CNCC[C@H]2c2cc(-c3ccc(Cl)cc3)[nH]n2)cc1. The fourth-order valence-corrected chi connectivity index (χ4v) is 3.70. The van der Waals surface area contributed by atoms with E-state index in [2.05, 4.69) is 21.6 Å². The van der Waals surface area contributed by atoms with E-state index in [1.54, 1.807) is 0 Å². The van der Waals surface area contributed by atoms with Crippen molar-refractivity contribution < 1.29 is 4.39 Å². The standard InChI is InChI=1S/C20H19ClFN3/c21-15-5-1-14(2-6-15)19-11-20(25-24-19)17-9-10-23-12-18(17)13-3-7-16(22)8-4-13/h1-8,11,17-18,23H,9-10,12H2,(H,24,25)/t17-,18+/m1/s1. The Morgan fingerprint density at radius 1 is 1.00 bits per heavy atom. The van der Waals surface area contributed by atoms with Crippen molar-refractivity contribution in [1.29, 1.82) is 0 Å². The van der Waals surface area contributed by atoms with Crippen molar-refractivity contribution in [1.82, 2.24) is 15.5 Å². The second kappa shape index (κ2) is 6.98. The highest BCUT2D eigenvalue weighted by atomic mass is 35.5. The van der Waals surface area contributed by atoms with Gasteiger partial charge in [-0.15, -0.1) is 0 Å². The Labute approximate surface area is 151 Å². The Morgan fingerprint density at radius 2 is 1.76 bits per heavy atom. The van der Waals surface area contributed by atoms with E-state index in [1.807, 2.05) is 36.4 Å². The predicted molar refractivity (Wildman–Crippen MR) is 98.4 cm³/mol. The summed E-state index contributed by atoms with van der Waals surface area (Å²) in [6, 6.07) is 16.7. The highest BCUT2D eigenvalue weighted by molar-refractivity contribution is 6.30. The number of hydrogen-bond donors (Lipinski definition) is 2. The van der Waals surface area contributed by atoms with Crippen LogP contribution in [0.3, 0.4) is 0 Å². The number of benzene rings is 2. The van der Waals surface area contributed by atoms with Gasteiger partial charge in [0.05, 0.1) is 11.4 Å². The minimum Gasteiger partial charge on any atom is -0.316 e. The Kier molecular flexibility index (Phi) is 4.55. The zero-order valence-corrected chi connectivity index (χ0v) is 14.4. The van der Waals surface area contributed by atoms with Crippen LogP contribution in [0.25, 0.3) is 11.3 Å². The smallest absolute Gasteiger partial charge is 0.123 e. The summed E-state index contributed by atoms with van der Waals surface area (Å²) in [5.74, 6) is 0.397. The highest BCUT2D eigenvalue weighted by Crippen LogP contribution is 2.37. The number of halogens is 2. The Hall–Kier alpha value is -2.17. The van der Waals surface area contributed by atoms with Crippen LogP contribution < -0.4 is 5.32 Å². The molecular formula is C20H19ClFN3. The first-order valence-electron chi connectivity index (χ1n) is 8.48. The first-order valence-corrected chi connectivity index (χ1v) is 8.86. The van der Waals surface area contributed by atoms with E-state index >= 15 is 0 Å². The van der Waals surface area contributed by atoms with Crippen LogP contribution in [0.4, 0.5) is 4.39 Å². The lowest BCUT2D eigenvalue weighted by Crippen LogP contribution is -2.34. The van der Waals surface area contributed by atoms with Crippen LogP contribution in [0, 0.1) is 5.82 Å². The second-order valence-corrected chi connectivity index (χ2v) is 6.91. The molecule has 0 bridgehead atoms. The van der Waals surface area contributed by atoms with Crippen molar-refractivity contribution in [2.75, 3.05) is 13.1 Å². The van der Waals surface area contributed by atoms with E-state index in [9.17, 15) is 4.39 Å². The molecule has 2 N–H and O–H groups in total. The molecule has 0 radical (unpaired) electrons. The minimum atomic E-state index is -0.200. The maximum absolute atomic E-state index is 13.3. The molecule has 1 fully saturated rings. The summed E-state index contributed by atoms with van der Waals surface area (Å²) in [6.45, 7) is 1.84. The topological polar surface area (TPSA) is 40.7 Å². The Morgan fingerprint density at radius 3 is 2.52 bits per heavy atom. The van der Waals surface area contributed by atoms with Crippen molar-refractivity contribution in [3.63, 3.8) is 0 Å². The molecule has 128 valence electrons. The van der Waals surface area contributed by atoms with Crippen LogP contribution in [0.2, 0.25) is 5.02 Å². The molecule has 0 saturated carbocycles. The lowest BCUT2D eigenvalue weighted by atomic mass is 9.79. The number of H-pyrrole nitrogens is 1. The lowest BCUT2D eigenvalue weighted by molar-refractivity contribution is 0.397. The van der Waals surface area contributed by atoms with E-state index < -0.39 is 0 Å². The number of hydrogen-bond acceptors (Lipinski definition) is 2. The van der Waals surface area contributed by atoms with Gasteiger partial charge in [-0.25, -0.2) is 4.39 Å². The third kappa shape index (κ3) is 3.46. The maximum atomic E-state index is 13.3. The first-order chi connectivity index (χ1) is 12.2. The molecule has 1 aliphatic rings. The molecule has 0 amide bonds. The fraction of sp³-hybridized carbons (Fsp3) is 0.250. The predicted octanol–water partition coefficient (Wildman–Crippen LogP) is 4.73. The average Bonchev–Trinajstić information content (AvgIpc) is 3.13. The van der Waals surface area contributed by atoms with Gasteiger partial charge in [0.15, 0.2) is 0 Å². The molecular weight excluding hydrogens is 337 g/mol. The Bertz CT molecular complexity index is 842.